The molecule has 0 amide bonds. The summed E-state index contributed by atoms with van der Waals surface area (Å²) in [6.07, 6.45) is 0.697. The van der Waals surface area contributed by atoms with E-state index in [0.717, 1.165) is 11.3 Å². The molecule has 0 saturated carbocycles. The summed E-state index contributed by atoms with van der Waals surface area (Å²) in [6, 6.07) is 10.6. The second kappa shape index (κ2) is 7.95. The van der Waals surface area contributed by atoms with E-state index in [9.17, 15) is 9.59 Å². The van der Waals surface area contributed by atoms with Crippen molar-refractivity contribution < 1.29 is 4.74 Å². The molecule has 1 aromatic heterocycles. The van der Waals surface area contributed by atoms with Crippen LogP contribution in [-0.2, 0) is 13.0 Å². The minimum atomic E-state index is -0.544. The molecule has 2 aromatic carbocycles. The van der Waals surface area contributed by atoms with Crippen molar-refractivity contribution in [2.75, 3.05) is 13.2 Å². The lowest BCUT2D eigenvalue weighted by Gasteiger charge is -2.13. The van der Waals surface area contributed by atoms with E-state index in [1.54, 1.807) is 6.07 Å². The lowest BCUT2D eigenvalue weighted by atomic mass is 10.1. The number of rotatable bonds is 6. The highest BCUT2D eigenvalue weighted by Gasteiger charge is 2.12. The van der Waals surface area contributed by atoms with Gasteiger partial charge in [0.1, 0.15) is 12.4 Å². The number of hydrogen-bond donors (Lipinski definition) is 2. The van der Waals surface area contributed by atoms with Gasteiger partial charge in [0.2, 0.25) is 0 Å². The molecular weight excluding hydrogens is 377 g/mol. The third-order valence-corrected chi connectivity index (χ3v) is 4.49. The molecule has 6 nitrogen and oxygen atoms in total. The minimum Gasteiger partial charge on any atom is -0.491 e. The van der Waals surface area contributed by atoms with E-state index in [0.29, 0.717) is 23.5 Å². The lowest BCUT2D eigenvalue weighted by Crippen LogP contribution is -2.32. The van der Waals surface area contributed by atoms with Crippen molar-refractivity contribution in [3.05, 3.63) is 72.8 Å². The van der Waals surface area contributed by atoms with Crippen molar-refractivity contribution in [1.82, 2.24) is 9.55 Å². The van der Waals surface area contributed by atoms with Crippen LogP contribution < -0.4 is 21.7 Å². The zero-order valence-corrected chi connectivity index (χ0v) is 15.3. The molecule has 3 aromatic rings. The maximum absolute atomic E-state index is 12.2. The Morgan fingerprint density at radius 1 is 1.15 bits per heavy atom. The number of fused-ring (bicyclic) bond motifs is 1. The third kappa shape index (κ3) is 3.77. The number of aromatic amines is 1. The van der Waals surface area contributed by atoms with Gasteiger partial charge in [-0.05, 0) is 36.7 Å². The SMILES string of the molecule is NCCc1ccccc1OCCn1c(=O)[nH]c(=O)c2c(Cl)cc(Cl)cc21. The minimum absolute atomic E-state index is 0.191. The summed E-state index contributed by atoms with van der Waals surface area (Å²) in [5, 5.41) is 0.756. The van der Waals surface area contributed by atoms with E-state index >= 15 is 0 Å². The molecule has 3 rings (SSSR count). The van der Waals surface area contributed by atoms with Gasteiger partial charge in [-0.1, -0.05) is 41.4 Å². The smallest absolute Gasteiger partial charge is 0.328 e. The lowest BCUT2D eigenvalue weighted by molar-refractivity contribution is 0.295. The zero-order valence-electron chi connectivity index (χ0n) is 13.8. The Morgan fingerprint density at radius 3 is 2.69 bits per heavy atom. The number of benzene rings is 2. The zero-order chi connectivity index (χ0) is 18.7. The summed E-state index contributed by atoms with van der Waals surface area (Å²) in [4.78, 5) is 26.6. The van der Waals surface area contributed by atoms with Gasteiger partial charge < -0.3 is 10.5 Å². The molecule has 0 fully saturated rings. The van der Waals surface area contributed by atoms with Crippen LogP contribution in [0.3, 0.4) is 0 Å². The average molecular weight is 394 g/mol. The van der Waals surface area contributed by atoms with Crippen LogP contribution in [-0.4, -0.2) is 22.7 Å². The fraction of sp³-hybridized carbons (Fsp3) is 0.222. The maximum Gasteiger partial charge on any atom is 0.328 e. The van der Waals surface area contributed by atoms with Gasteiger partial charge in [0, 0.05) is 5.02 Å². The first kappa shape index (κ1) is 18.5. The first-order chi connectivity index (χ1) is 12.5. The van der Waals surface area contributed by atoms with Gasteiger partial charge in [0.25, 0.3) is 5.56 Å². The fourth-order valence-corrected chi connectivity index (χ4v) is 3.38. The third-order valence-electron chi connectivity index (χ3n) is 3.98. The Labute approximate surface area is 159 Å². The van der Waals surface area contributed by atoms with E-state index in [1.165, 1.54) is 10.6 Å². The largest absolute Gasteiger partial charge is 0.491 e. The first-order valence-electron chi connectivity index (χ1n) is 8.04. The number of H-pyrrole nitrogens is 1. The molecule has 0 bridgehead atoms. The summed E-state index contributed by atoms with van der Waals surface area (Å²) in [5.74, 6) is 0.718. The van der Waals surface area contributed by atoms with Crippen molar-refractivity contribution in [2.24, 2.45) is 5.73 Å². The molecule has 0 unspecified atom stereocenters. The van der Waals surface area contributed by atoms with Gasteiger partial charge in [-0.2, -0.15) is 0 Å². The predicted molar refractivity (Wildman–Crippen MR) is 104 cm³/mol. The highest BCUT2D eigenvalue weighted by molar-refractivity contribution is 6.38. The second-order valence-corrected chi connectivity index (χ2v) is 6.53. The Bertz CT molecular complexity index is 1060. The van der Waals surface area contributed by atoms with E-state index in [-0.39, 0.29) is 23.6 Å². The maximum atomic E-state index is 12.2. The summed E-state index contributed by atoms with van der Waals surface area (Å²) in [6.45, 7) is 0.966. The topological polar surface area (TPSA) is 90.1 Å². The van der Waals surface area contributed by atoms with E-state index < -0.39 is 11.2 Å². The normalized spacial score (nSPS) is 11.0. The number of nitrogens with two attached hydrogens (primary N) is 1. The first-order valence-corrected chi connectivity index (χ1v) is 8.79. The average Bonchev–Trinajstić information content (AvgIpc) is 2.58. The van der Waals surface area contributed by atoms with Crippen LogP contribution in [0.2, 0.25) is 10.0 Å². The summed E-state index contributed by atoms with van der Waals surface area (Å²) >= 11 is 12.1. The van der Waals surface area contributed by atoms with Crippen molar-refractivity contribution in [3.63, 3.8) is 0 Å². The quantitative estimate of drug-likeness (QED) is 0.673. The molecule has 0 radical (unpaired) electrons. The van der Waals surface area contributed by atoms with E-state index in [2.05, 4.69) is 4.98 Å². The number of nitrogens with zero attached hydrogens (tertiary/aromatic N) is 1. The van der Waals surface area contributed by atoms with Crippen molar-refractivity contribution >= 4 is 34.1 Å². The van der Waals surface area contributed by atoms with Crippen LogP contribution in [0.25, 0.3) is 10.9 Å². The molecule has 26 heavy (non-hydrogen) atoms. The van der Waals surface area contributed by atoms with Crippen LogP contribution in [0.1, 0.15) is 5.56 Å². The van der Waals surface area contributed by atoms with Crippen LogP contribution in [0.4, 0.5) is 0 Å². The molecule has 0 atom stereocenters. The van der Waals surface area contributed by atoms with Crippen molar-refractivity contribution in [1.29, 1.82) is 0 Å². The molecule has 136 valence electrons. The molecule has 0 saturated heterocycles. The van der Waals surface area contributed by atoms with Crippen LogP contribution in [0, 0.1) is 0 Å². The monoisotopic (exact) mass is 393 g/mol. The molecule has 0 aliphatic rings. The standard InChI is InChI=1S/C18H17Cl2N3O3/c19-12-9-13(20)16-14(10-12)23(18(25)22-17(16)24)7-8-26-15-4-2-1-3-11(15)5-6-21/h1-4,9-10H,5-8,21H2,(H,22,24,25). The molecule has 0 aliphatic heterocycles. The summed E-state index contributed by atoms with van der Waals surface area (Å²) in [7, 11) is 0. The van der Waals surface area contributed by atoms with Crippen molar-refractivity contribution in [3.8, 4) is 5.75 Å². The van der Waals surface area contributed by atoms with Crippen LogP contribution in [0.15, 0.2) is 46.0 Å². The van der Waals surface area contributed by atoms with Gasteiger partial charge in [-0.15, -0.1) is 0 Å². The predicted octanol–water partition coefficient (Wildman–Crippen LogP) is 2.58. The van der Waals surface area contributed by atoms with E-state index in [1.807, 2.05) is 24.3 Å². The Balaban J connectivity index is 1.91. The summed E-state index contributed by atoms with van der Waals surface area (Å²) in [5.41, 5.74) is 5.90. The highest BCUT2D eigenvalue weighted by Crippen LogP contribution is 2.24. The summed E-state index contributed by atoms with van der Waals surface area (Å²) < 4.78 is 7.20. The molecule has 3 N–H and O–H groups in total. The molecule has 0 spiro atoms. The second-order valence-electron chi connectivity index (χ2n) is 5.69. The van der Waals surface area contributed by atoms with E-state index in [4.69, 9.17) is 33.7 Å². The van der Waals surface area contributed by atoms with Gasteiger partial charge in [0.05, 0.1) is 22.5 Å². The van der Waals surface area contributed by atoms with Gasteiger partial charge >= 0.3 is 5.69 Å². The fourth-order valence-electron chi connectivity index (χ4n) is 2.81. The Hall–Kier alpha value is -2.28. The number of para-hydroxylation sites is 1. The molecule has 0 aliphatic carbocycles. The van der Waals surface area contributed by atoms with Crippen LogP contribution in [0.5, 0.6) is 5.75 Å². The van der Waals surface area contributed by atoms with Crippen molar-refractivity contribution in [2.45, 2.75) is 13.0 Å². The number of halogens is 2. The number of hydrogen-bond acceptors (Lipinski definition) is 4. The van der Waals surface area contributed by atoms with Gasteiger partial charge in [0.15, 0.2) is 0 Å². The highest BCUT2D eigenvalue weighted by atomic mass is 35.5. The number of aromatic nitrogens is 2. The van der Waals surface area contributed by atoms with Gasteiger partial charge in [-0.3, -0.25) is 14.3 Å². The Morgan fingerprint density at radius 2 is 1.92 bits per heavy atom. The number of nitrogens with one attached hydrogen (secondary N) is 1. The number of ether oxygens (including phenoxy) is 1. The molecule has 8 heteroatoms. The molecule has 1 heterocycles. The van der Waals surface area contributed by atoms with Gasteiger partial charge in [-0.25, -0.2) is 4.79 Å². The van der Waals surface area contributed by atoms with Crippen LogP contribution >= 0.6 is 23.2 Å². The molecular formula is C18H17Cl2N3O3. The Kier molecular flexibility index (Phi) is 5.66.